The van der Waals surface area contributed by atoms with E-state index in [1.807, 2.05) is 13.1 Å². The highest BCUT2D eigenvalue weighted by Crippen LogP contribution is 2.29. The Morgan fingerprint density at radius 3 is 2.56 bits per heavy atom. The van der Waals surface area contributed by atoms with Gasteiger partial charge in [-0.1, -0.05) is 18.2 Å². The smallest absolute Gasteiger partial charge is 0.328 e. The molecule has 6 nitrogen and oxygen atoms in total. The average Bonchev–Trinajstić information content (AvgIpc) is 2.96. The molecule has 2 heterocycles. The Bertz CT molecular complexity index is 1170. The summed E-state index contributed by atoms with van der Waals surface area (Å²) in [6.07, 6.45) is 1.77. The Hall–Kier alpha value is -3.12. The summed E-state index contributed by atoms with van der Waals surface area (Å²) >= 11 is 0. The van der Waals surface area contributed by atoms with E-state index in [1.54, 1.807) is 29.5 Å². The molecule has 0 atom stereocenters. The number of pyridine rings is 1. The molecular weight excluding hydrogens is 340 g/mol. The van der Waals surface area contributed by atoms with Gasteiger partial charge in [0.2, 0.25) is 0 Å². The van der Waals surface area contributed by atoms with Gasteiger partial charge in [0, 0.05) is 32.3 Å². The molecule has 0 spiro atoms. The molecule has 27 heavy (non-hydrogen) atoms. The molecule has 2 aromatic heterocycles. The number of aromatic nitrogens is 3. The standard InChI is InChI=1S/C21H22N4O2/c1-22-16-7-4-14(5-8-16)15-6-9-18-17(12-15)20-19(13-23-18)24(2)21(26)25(20)10-11-27-3/h4-9,12-13,22H,10-11H2,1-3H3. The van der Waals surface area contributed by atoms with Gasteiger partial charge in [-0.05, 0) is 35.4 Å². The van der Waals surface area contributed by atoms with Crippen LogP contribution >= 0.6 is 0 Å². The Morgan fingerprint density at radius 1 is 1.11 bits per heavy atom. The van der Waals surface area contributed by atoms with Gasteiger partial charge < -0.3 is 10.1 Å². The molecular formula is C21H22N4O2. The number of aryl methyl sites for hydroxylation is 1. The van der Waals surface area contributed by atoms with Crippen molar-refractivity contribution in [3.8, 4) is 11.1 Å². The number of rotatable bonds is 5. The minimum Gasteiger partial charge on any atom is -0.388 e. The van der Waals surface area contributed by atoms with E-state index in [4.69, 9.17) is 4.74 Å². The van der Waals surface area contributed by atoms with E-state index in [-0.39, 0.29) is 5.69 Å². The maximum atomic E-state index is 12.7. The van der Waals surface area contributed by atoms with Gasteiger partial charge in [0.25, 0.3) is 0 Å². The third-order valence-electron chi connectivity index (χ3n) is 5.00. The maximum absolute atomic E-state index is 12.7. The highest BCUT2D eigenvalue weighted by molar-refractivity contribution is 6.04. The summed E-state index contributed by atoms with van der Waals surface area (Å²) in [6, 6.07) is 14.5. The molecule has 0 unspecified atom stereocenters. The third-order valence-corrected chi connectivity index (χ3v) is 5.00. The van der Waals surface area contributed by atoms with Gasteiger partial charge in [0.15, 0.2) is 0 Å². The van der Waals surface area contributed by atoms with Gasteiger partial charge in [-0.2, -0.15) is 0 Å². The Labute approximate surface area is 157 Å². The third kappa shape index (κ3) is 2.88. The lowest BCUT2D eigenvalue weighted by molar-refractivity contribution is 0.187. The molecule has 0 amide bonds. The lowest BCUT2D eigenvalue weighted by Gasteiger charge is -2.08. The highest BCUT2D eigenvalue weighted by Gasteiger charge is 2.15. The summed E-state index contributed by atoms with van der Waals surface area (Å²) < 4.78 is 8.61. The Morgan fingerprint density at radius 2 is 1.85 bits per heavy atom. The summed E-state index contributed by atoms with van der Waals surface area (Å²) in [6.45, 7) is 0.987. The molecule has 6 heteroatoms. The van der Waals surface area contributed by atoms with E-state index in [2.05, 4.69) is 46.7 Å². The van der Waals surface area contributed by atoms with Crippen LogP contribution in [0.25, 0.3) is 33.1 Å². The number of imidazole rings is 1. The summed E-state index contributed by atoms with van der Waals surface area (Å²) in [5.41, 5.74) is 5.82. The highest BCUT2D eigenvalue weighted by atomic mass is 16.5. The molecule has 0 aliphatic carbocycles. The zero-order valence-corrected chi connectivity index (χ0v) is 15.7. The van der Waals surface area contributed by atoms with Crippen LogP contribution in [0.3, 0.4) is 0 Å². The van der Waals surface area contributed by atoms with E-state index < -0.39 is 0 Å². The first kappa shape index (κ1) is 17.3. The van der Waals surface area contributed by atoms with Crippen molar-refractivity contribution in [2.24, 2.45) is 7.05 Å². The fourth-order valence-corrected chi connectivity index (χ4v) is 3.48. The summed E-state index contributed by atoms with van der Waals surface area (Å²) in [7, 11) is 5.33. The van der Waals surface area contributed by atoms with Crippen molar-refractivity contribution >= 4 is 27.6 Å². The van der Waals surface area contributed by atoms with Crippen molar-refractivity contribution in [3.63, 3.8) is 0 Å². The van der Waals surface area contributed by atoms with Crippen molar-refractivity contribution in [2.75, 3.05) is 26.1 Å². The van der Waals surface area contributed by atoms with Crippen LogP contribution in [-0.2, 0) is 18.3 Å². The molecule has 0 bridgehead atoms. The fourth-order valence-electron chi connectivity index (χ4n) is 3.48. The van der Waals surface area contributed by atoms with Crippen molar-refractivity contribution in [1.29, 1.82) is 0 Å². The summed E-state index contributed by atoms with van der Waals surface area (Å²) in [5.74, 6) is 0. The second kappa shape index (κ2) is 6.89. The number of nitrogens with one attached hydrogen (secondary N) is 1. The van der Waals surface area contributed by atoms with Gasteiger partial charge in [-0.25, -0.2) is 4.79 Å². The SMILES string of the molecule is CNc1ccc(-c2ccc3ncc4c(c3c2)n(CCOC)c(=O)n4C)cc1. The Balaban J connectivity index is 1.96. The molecule has 0 radical (unpaired) electrons. The first-order valence-electron chi connectivity index (χ1n) is 8.89. The Kier molecular flexibility index (Phi) is 4.41. The number of methoxy groups -OCH3 is 1. The van der Waals surface area contributed by atoms with Gasteiger partial charge in [0.1, 0.15) is 0 Å². The molecule has 4 rings (SSSR count). The number of fused-ring (bicyclic) bond motifs is 3. The van der Waals surface area contributed by atoms with E-state index in [9.17, 15) is 4.79 Å². The minimum atomic E-state index is -0.0554. The number of benzene rings is 2. The number of ether oxygens (including phenoxy) is 1. The van der Waals surface area contributed by atoms with E-state index in [0.717, 1.165) is 38.8 Å². The molecule has 0 aliphatic rings. The van der Waals surface area contributed by atoms with Crippen LogP contribution < -0.4 is 11.0 Å². The number of nitrogens with zero attached hydrogens (tertiary/aromatic N) is 3. The van der Waals surface area contributed by atoms with Gasteiger partial charge in [-0.15, -0.1) is 0 Å². The second-order valence-electron chi connectivity index (χ2n) is 6.54. The molecule has 0 saturated carbocycles. The lowest BCUT2D eigenvalue weighted by Crippen LogP contribution is -2.23. The average molecular weight is 362 g/mol. The van der Waals surface area contributed by atoms with Crippen molar-refractivity contribution in [3.05, 3.63) is 59.1 Å². The minimum absolute atomic E-state index is 0.0554. The molecule has 0 saturated heterocycles. The number of hydrogen-bond acceptors (Lipinski definition) is 4. The van der Waals surface area contributed by atoms with Crippen LogP contribution in [0.1, 0.15) is 0 Å². The summed E-state index contributed by atoms with van der Waals surface area (Å²) in [5, 5.41) is 4.10. The molecule has 138 valence electrons. The zero-order chi connectivity index (χ0) is 19.0. The van der Waals surface area contributed by atoms with Crippen LogP contribution in [-0.4, -0.2) is 34.9 Å². The van der Waals surface area contributed by atoms with Crippen LogP contribution in [0, 0.1) is 0 Å². The molecule has 0 aliphatic heterocycles. The lowest BCUT2D eigenvalue weighted by atomic mass is 10.0. The normalized spacial score (nSPS) is 11.4. The molecule has 4 aromatic rings. The first-order chi connectivity index (χ1) is 13.1. The van der Waals surface area contributed by atoms with Crippen LogP contribution in [0.2, 0.25) is 0 Å². The number of anilines is 1. The van der Waals surface area contributed by atoms with Gasteiger partial charge in [0.05, 0.1) is 35.9 Å². The van der Waals surface area contributed by atoms with E-state index >= 15 is 0 Å². The van der Waals surface area contributed by atoms with Crippen LogP contribution in [0.4, 0.5) is 5.69 Å². The largest absolute Gasteiger partial charge is 0.388 e. The molecule has 2 aromatic carbocycles. The van der Waals surface area contributed by atoms with Gasteiger partial charge >= 0.3 is 5.69 Å². The molecule has 0 fully saturated rings. The van der Waals surface area contributed by atoms with E-state index in [0.29, 0.717) is 13.2 Å². The topological polar surface area (TPSA) is 61.1 Å². The van der Waals surface area contributed by atoms with Gasteiger partial charge in [-0.3, -0.25) is 14.1 Å². The van der Waals surface area contributed by atoms with Crippen LogP contribution in [0.15, 0.2) is 53.5 Å². The summed E-state index contributed by atoms with van der Waals surface area (Å²) in [4.78, 5) is 17.3. The van der Waals surface area contributed by atoms with Crippen molar-refractivity contribution in [1.82, 2.24) is 14.1 Å². The maximum Gasteiger partial charge on any atom is 0.328 e. The molecule has 1 N–H and O–H groups in total. The monoisotopic (exact) mass is 362 g/mol. The number of hydrogen-bond donors (Lipinski definition) is 1. The van der Waals surface area contributed by atoms with Crippen molar-refractivity contribution < 1.29 is 4.74 Å². The second-order valence-corrected chi connectivity index (χ2v) is 6.54. The van der Waals surface area contributed by atoms with Crippen LogP contribution in [0.5, 0.6) is 0 Å². The van der Waals surface area contributed by atoms with Crippen molar-refractivity contribution in [2.45, 2.75) is 6.54 Å². The van der Waals surface area contributed by atoms with E-state index in [1.165, 1.54) is 0 Å². The fraction of sp³-hybridized carbons (Fsp3) is 0.238. The quantitative estimate of drug-likeness (QED) is 0.592. The first-order valence-corrected chi connectivity index (χ1v) is 8.89. The predicted molar refractivity (Wildman–Crippen MR) is 109 cm³/mol. The predicted octanol–water partition coefficient (Wildman–Crippen LogP) is 3.24. The zero-order valence-electron chi connectivity index (χ0n) is 15.7.